The summed E-state index contributed by atoms with van der Waals surface area (Å²) in [6.45, 7) is 7.54. The van der Waals surface area contributed by atoms with Crippen LogP contribution in [0.4, 0.5) is 4.79 Å². The van der Waals surface area contributed by atoms with Gasteiger partial charge in [0.15, 0.2) is 0 Å². The van der Waals surface area contributed by atoms with Gasteiger partial charge in [0.2, 0.25) is 0 Å². The molecule has 0 aromatic carbocycles. The van der Waals surface area contributed by atoms with Gasteiger partial charge < -0.3 is 15.2 Å². The molecule has 0 saturated heterocycles. The van der Waals surface area contributed by atoms with Crippen LogP contribution in [0, 0.1) is 0 Å². The standard InChI is InChI=1S/C12H23NO3/c1-11(2,3)16-10(15)13-12(4)7-5-9(14)6-8-12/h9,14H,5-8H2,1-4H3,(H,13,15)/t9-,12-. The average Bonchev–Trinajstić information content (AvgIpc) is 2.07. The van der Waals surface area contributed by atoms with E-state index in [4.69, 9.17) is 4.74 Å². The van der Waals surface area contributed by atoms with Crippen LogP contribution < -0.4 is 5.32 Å². The molecule has 0 aromatic heterocycles. The predicted molar refractivity (Wildman–Crippen MR) is 62.2 cm³/mol. The Balaban J connectivity index is 2.44. The van der Waals surface area contributed by atoms with Crippen LogP contribution in [0.1, 0.15) is 53.4 Å². The zero-order valence-electron chi connectivity index (χ0n) is 10.7. The zero-order valence-corrected chi connectivity index (χ0v) is 10.7. The molecule has 0 spiro atoms. The Kier molecular flexibility index (Phi) is 3.84. The van der Waals surface area contributed by atoms with Crippen molar-refractivity contribution >= 4 is 6.09 Å². The van der Waals surface area contributed by atoms with Crippen LogP contribution in [0.15, 0.2) is 0 Å². The molecule has 1 aliphatic rings. The lowest BCUT2D eigenvalue weighted by Crippen LogP contribution is -2.50. The number of ether oxygens (including phenoxy) is 1. The van der Waals surface area contributed by atoms with Crippen LogP contribution in [0.25, 0.3) is 0 Å². The van der Waals surface area contributed by atoms with Crippen molar-refractivity contribution in [3.8, 4) is 0 Å². The van der Waals surface area contributed by atoms with E-state index in [2.05, 4.69) is 5.32 Å². The summed E-state index contributed by atoms with van der Waals surface area (Å²) in [5.41, 5.74) is -0.698. The van der Waals surface area contributed by atoms with E-state index in [9.17, 15) is 9.90 Å². The fraction of sp³-hybridized carbons (Fsp3) is 0.917. The molecule has 0 heterocycles. The minimum atomic E-state index is -0.464. The Labute approximate surface area is 97.4 Å². The molecule has 2 N–H and O–H groups in total. The highest BCUT2D eigenvalue weighted by atomic mass is 16.6. The normalized spacial score (nSPS) is 30.9. The van der Waals surface area contributed by atoms with Crippen molar-refractivity contribution in [3.05, 3.63) is 0 Å². The molecule has 0 atom stereocenters. The highest BCUT2D eigenvalue weighted by Crippen LogP contribution is 2.28. The van der Waals surface area contributed by atoms with Gasteiger partial charge in [0.05, 0.1) is 6.10 Å². The van der Waals surface area contributed by atoms with E-state index in [0.717, 1.165) is 25.7 Å². The molecule has 0 radical (unpaired) electrons. The summed E-state index contributed by atoms with van der Waals surface area (Å²) in [4.78, 5) is 11.6. The van der Waals surface area contributed by atoms with Gasteiger partial charge in [-0.2, -0.15) is 0 Å². The molecule has 94 valence electrons. The molecule has 0 unspecified atom stereocenters. The van der Waals surface area contributed by atoms with Crippen LogP contribution in [0.5, 0.6) is 0 Å². The first kappa shape index (κ1) is 13.3. The molecule has 1 amide bonds. The summed E-state index contributed by atoms with van der Waals surface area (Å²) < 4.78 is 5.22. The van der Waals surface area contributed by atoms with Crippen LogP contribution in [0.2, 0.25) is 0 Å². The first-order valence-electron chi connectivity index (χ1n) is 5.89. The topological polar surface area (TPSA) is 58.6 Å². The first-order chi connectivity index (χ1) is 7.20. The minimum Gasteiger partial charge on any atom is -0.444 e. The number of amides is 1. The molecule has 1 rings (SSSR count). The van der Waals surface area contributed by atoms with Gasteiger partial charge in [-0.05, 0) is 53.4 Å². The van der Waals surface area contributed by atoms with Crippen molar-refractivity contribution in [1.29, 1.82) is 0 Å². The van der Waals surface area contributed by atoms with Gasteiger partial charge in [0.1, 0.15) is 5.60 Å². The first-order valence-corrected chi connectivity index (χ1v) is 5.89. The van der Waals surface area contributed by atoms with E-state index in [1.54, 1.807) is 0 Å². The van der Waals surface area contributed by atoms with Gasteiger partial charge in [-0.15, -0.1) is 0 Å². The van der Waals surface area contributed by atoms with Gasteiger partial charge in [0, 0.05) is 5.54 Å². The molecule has 0 bridgehead atoms. The fourth-order valence-electron chi connectivity index (χ4n) is 1.91. The number of hydrogen-bond acceptors (Lipinski definition) is 3. The second kappa shape index (κ2) is 4.62. The smallest absolute Gasteiger partial charge is 0.408 e. The van der Waals surface area contributed by atoms with Crippen molar-refractivity contribution in [2.24, 2.45) is 0 Å². The van der Waals surface area contributed by atoms with Crippen LogP contribution in [-0.2, 0) is 4.74 Å². The zero-order chi connectivity index (χ0) is 12.4. The number of aliphatic hydroxyl groups excluding tert-OH is 1. The largest absolute Gasteiger partial charge is 0.444 e. The number of aliphatic hydroxyl groups is 1. The van der Waals surface area contributed by atoms with E-state index in [1.165, 1.54) is 0 Å². The van der Waals surface area contributed by atoms with E-state index >= 15 is 0 Å². The van der Waals surface area contributed by atoms with E-state index in [-0.39, 0.29) is 17.7 Å². The molecule has 16 heavy (non-hydrogen) atoms. The van der Waals surface area contributed by atoms with Gasteiger partial charge in [0.25, 0.3) is 0 Å². The molecular weight excluding hydrogens is 206 g/mol. The van der Waals surface area contributed by atoms with Crippen LogP contribution in [-0.4, -0.2) is 28.4 Å². The highest BCUT2D eigenvalue weighted by Gasteiger charge is 2.33. The van der Waals surface area contributed by atoms with Crippen molar-refractivity contribution in [3.63, 3.8) is 0 Å². The van der Waals surface area contributed by atoms with Gasteiger partial charge in [-0.1, -0.05) is 0 Å². The van der Waals surface area contributed by atoms with E-state index in [1.807, 2.05) is 27.7 Å². The second-order valence-electron chi connectivity index (χ2n) is 5.92. The summed E-state index contributed by atoms with van der Waals surface area (Å²) >= 11 is 0. The lowest BCUT2D eigenvalue weighted by Gasteiger charge is -2.36. The maximum Gasteiger partial charge on any atom is 0.408 e. The summed E-state index contributed by atoms with van der Waals surface area (Å²) in [7, 11) is 0. The monoisotopic (exact) mass is 229 g/mol. The van der Waals surface area contributed by atoms with E-state index < -0.39 is 5.60 Å². The fourth-order valence-corrected chi connectivity index (χ4v) is 1.91. The highest BCUT2D eigenvalue weighted by molar-refractivity contribution is 5.68. The van der Waals surface area contributed by atoms with Crippen molar-refractivity contribution in [2.45, 2.75) is 70.6 Å². The summed E-state index contributed by atoms with van der Waals surface area (Å²) in [6, 6.07) is 0. The lowest BCUT2D eigenvalue weighted by molar-refractivity contribution is 0.0365. The lowest BCUT2D eigenvalue weighted by atomic mass is 9.82. The van der Waals surface area contributed by atoms with Crippen molar-refractivity contribution in [1.82, 2.24) is 5.32 Å². The summed E-state index contributed by atoms with van der Waals surface area (Å²) in [5, 5.41) is 12.3. The number of carbonyl (C=O) groups excluding carboxylic acids is 1. The Hall–Kier alpha value is -0.770. The third-order valence-electron chi connectivity index (χ3n) is 2.86. The second-order valence-corrected chi connectivity index (χ2v) is 5.92. The van der Waals surface area contributed by atoms with E-state index in [0.29, 0.717) is 0 Å². The maximum absolute atomic E-state index is 11.6. The van der Waals surface area contributed by atoms with Gasteiger partial charge >= 0.3 is 6.09 Å². The maximum atomic E-state index is 11.6. The molecule has 0 aliphatic heterocycles. The molecule has 1 saturated carbocycles. The SMILES string of the molecule is CC(C)(C)OC(=O)N[C@]1(C)CC[C@@H](O)CC1. The Morgan fingerprint density at radius 3 is 2.31 bits per heavy atom. The number of hydrogen-bond donors (Lipinski definition) is 2. The minimum absolute atomic E-state index is 0.214. The Bertz CT molecular complexity index is 249. The molecule has 1 aliphatic carbocycles. The van der Waals surface area contributed by atoms with Crippen LogP contribution >= 0.6 is 0 Å². The number of carbonyl (C=O) groups is 1. The quantitative estimate of drug-likeness (QED) is 0.724. The van der Waals surface area contributed by atoms with Crippen molar-refractivity contribution < 1.29 is 14.6 Å². The molecule has 0 aromatic rings. The van der Waals surface area contributed by atoms with Crippen LogP contribution in [0.3, 0.4) is 0 Å². The van der Waals surface area contributed by atoms with Crippen molar-refractivity contribution in [2.75, 3.05) is 0 Å². The number of rotatable bonds is 1. The predicted octanol–water partition coefficient (Wildman–Crippen LogP) is 2.20. The molecule has 4 heteroatoms. The molecular formula is C12H23NO3. The molecule has 1 fully saturated rings. The number of nitrogens with one attached hydrogen (secondary N) is 1. The number of alkyl carbamates (subject to hydrolysis) is 1. The van der Waals surface area contributed by atoms with Gasteiger partial charge in [-0.3, -0.25) is 0 Å². The van der Waals surface area contributed by atoms with Gasteiger partial charge in [-0.25, -0.2) is 4.79 Å². The molecule has 4 nitrogen and oxygen atoms in total. The summed E-state index contributed by atoms with van der Waals surface area (Å²) in [5.74, 6) is 0. The Morgan fingerprint density at radius 2 is 1.88 bits per heavy atom. The third-order valence-corrected chi connectivity index (χ3v) is 2.86. The average molecular weight is 229 g/mol. The Morgan fingerprint density at radius 1 is 1.38 bits per heavy atom. The summed E-state index contributed by atoms with van der Waals surface area (Å²) in [6.07, 6.45) is 2.50. The third kappa shape index (κ3) is 4.39.